The molecule has 0 aliphatic carbocycles. The Kier molecular flexibility index (Phi) is 9.40. The second kappa shape index (κ2) is 12.8. The number of nitrogens with zero attached hydrogens (tertiary/aromatic N) is 5. The number of amides is 2. The van der Waals surface area contributed by atoms with E-state index in [9.17, 15) is 9.59 Å². The van der Waals surface area contributed by atoms with Gasteiger partial charge in [-0.15, -0.1) is 0 Å². The number of hydrogen-bond donors (Lipinski definition) is 0. The second-order valence-corrected chi connectivity index (χ2v) is 14.7. The van der Waals surface area contributed by atoms with E-state index in [1.165, 1.54) is 5.56 Å². The number of rotatable bonds is 6. The molecule has 5 rings (SSSR count). The molecule has 44 heavy (non-hydrogen) atoms. The predicted molar refractivity (Wildman–Crippen MR) is 173 cm³/mol. The first-order valence-electron chi connectivity index (χ1n) is 16.1. The minimum Gasteiger partial charge on any atom is -0.444 e. The normalized spacial score (nSPS) is 26.0. The molecule has 0 spiro atoms. The molecular formula is C35H51N5O4. The quantitative estimate of drug-likeness (QED) is 0.472. The molecule has 0 saturated carbocycles. The number of ether oxygens (including phenoxy) is 2. The summed E-state index contributed by atoms with van der Waals surface area (Å²) in [6.45, 7) is 20.5. The molecule has 2 fully saturated rings. The van der Waals surface area contributed by atoms with Crippen LogP contribution in [0.3, 0.4) is 0 Å². The van der Waals surface area contributed by atoms with E-state index in [2.05, 4.69) is 55.7 Å². The van der Waals surface area contributed by atoms with Gasteiger partial charge in [0.1, 0.15) is 5.60 Å². The van der Waals surface area contributed by atoms with E-state index in [0.717, 1.165) is 29.9 Å². The van der Waals surface area contributed by atoms with E-state index in [1.54, 1.807) is 0 Å². The van der Waals surface area contributed by atoms with Crippen LogP contribution in [0.2, 0.25) is 0 Å². The summed E-state index contributed by atoms with van der Waals surface area (Å²) >= 11 is 0. The number of morpholine rings is 1. The van der Waals surface area contributed by atoms with Crippen LogP contribution in [0.1, 0.15) is 72.2 Å². The molecule has 3 aliphatic heterocycles. The Balaban J connectivity index is 1.38. The lowest BCUT2D eigenvalue weighted by Crippen LogP contribution is -2.65. The summed E-state index contributed by atoms with van der Waals surface area (Å²) in [6.07, 6.45) is 2.43. The van der Waals surface area contributed by atoms with Crippen LogP contribution in [-0.2, 0) is 26.1 Å². The smallest absolute Gasteiger partial charge is 0.410 e. The first-order valence-corrected chi connectivity index (χ1v) is 16.1. The highest BCUT2D eigenvalue weighted by Crippen LogP contribution is 2.40. The first kappa shape index (κ1) is 32.4. The third-order valence-electron chi connectivity index (χ3n) is 9.15. The zero-order valence-corrected chi connectivity index (χ0v) is 27.9. The van der Waals surface area contributed by atoms with E-state index in [-0.39, 0.29) is 48.1 Å². The summed E-state index contributed by atoms with van der Waals surface area (Å²) in [6, 6.07) is 12.9. The van der Waals surface area contributed by atoms with Crippen molar-refractivity contribution >= 4 is 17.7 Å². The molecule has 4 heterocycles. The van der Waals surface area contributed by atoms with Crippen LogP contribution in [0.15, 0.2) is 42.6 Å². The van der Waals surface area contributed by atoms with Gasteiger partial charge in [0.15, 0.2) is 0 Å². The molecule has 0 N–H and O–H groups in total. The lowest BCUT2D eigenvalue weighted by molar-refractivity contribution is -0.122. The number of anilines is 1. The van der Waals surface area contributed by atoms with Crippen LogP contribution < -0.4 is 4.90 Å². The number of piperazine rings is 1. The average molecular weight is 606 g/mol. The Morgan fingerprint density at radius 3 is 2.34 bits per heavy atom. The highest BCUT2D eigenvalue weighted by Gasteiger charge is 2.43. The standard InChI is InChI=1S/C35H51N5O4/c1-24-17-37(29(18-38-25(2)21-43-22-26(38)3)19-39(24)33(42)44-34(4,5)6)20-31(41)40-23-35(7,8)32-30(40)15-28(16-36-32)14-27-12-10-9-11-13-27/h9-13,15-16,24-26,29H,14,17-23H2,1-8H3/t24?,25-,26?,29+/m1/s1. The summed E-state index contributed by atoms with van der Waals surface area (Å²) in [7, 11) is 0. The van der Waals surface area contributed by atoms with Gasteiger partial charge in [0.2, 0.25) is 5.91 Å². The van der Waals surface area contributed by atoms with Crippen LogP contribution in [0.5, 0.6) is 0 Å². The van der Waals surface area contributed by atoms with Gasteiger partial charge in [-0.1, -0.05) is 44.2 Å². The number of benzene rings is 1. The molecule has 240 valence electrons. The van der Waals surface area contributed by atoms with Crippen LogP contribution in [0.4, 0.5) is 10.5 Å². The van der Waals surface area contributed by atoms with Gasteiger partial charge in [-0.3, -0.25) is 19.6 Å². The zero-order chi connectivity index (χ0) is 31.8. The lowest BCUT2D eigenvalue weighted by Gasteiger charge is -2.48. The fourth-order valence-electron chi connectivity index (χ4n) is 6.88. The van der Waals surface area contributed by atoms with Crippen LogP contribution in [0, 0.1) is 0 Å². The van der Waals surface area contributed by atoms with Gasteiger partial charge in [-0.2, -0.15) is 0 Å². The number of carbonyl (C=O) groups excluding carboxylic acids is 2. The average Bonchev–Trinajstić information content (AvgIpc) is 3.21. The van der Waals surface area contributed by atoms with E-state index in [1.807, 2.05) is 61.9 Å². The van der Waals surface area contributed by atoms with Crippen molar-refractivity contribution in [3.8, 4) is 0 Å². The molecule has 0 bridgehead atoms. The predicted octanol–water partition coefficient (Wildman–Crippen LogP) is 4.72. The van der Waals surface area contributed by atoms with Crippen molar-refractivity contribution in [1.29, 1.82) is 0 Å². The molecule has 0 radical (unpaired) electrons. The molecule has 2 aromatic rings. The van der Waals surface area contributed by atoms with Crippen molar-refractivity contribution in [3.63, 3.8) is 0 Å². The Labute approximate surface area is 263 Å². The van der Waals surface area contributed by atoms with E-state index < -0.39 is 5.60 Å². The van der Waals surface area contributed by atoms with Crippen molar-refractivity contribution in [3.05, 3.63) is 59.4 Å². The van der Waals surface area contributed by atoms with Crippen molar-refractivity contribution in [2.24, 2.45) is 0 Å². The summed E-state index contributed by atoms with van der Waals surface area (Å²) in [5, 5.41) is 0. The topological polar surface area (TPSA) is 78.5 Å². The molecule has 2 unspecified atom stereocenters. The molecule has 4 atom stereocenters. The molecule has 3 aliphatic rings. The molecule has 9 nitrogen and oxygen atoms in total. The summed E-state index contributed by atoms with van der Waals surface area (Å²) < 4.78 is 11.6. The van der Waals surface area contributed by atoms with Gasteiger partial charge < -0.3 is 19.3 Å². The Morgan fingerprint density at radius 2 is 1.68 bits per heavy atom. The molecular weight excluding hydrogens is 554 g/mol. The van der Waals surface area contributed by atoms with E-state index in [4.69, 9.17) is 14.5 Å². The summed E-state index contributed by atoms with van der Waals surface area (Å²) in [5.74, 6) is 0.0708. The third kappa shape index (κ3) is 7.27. The summed E-state index contributed by atoms with van der Waals surface area (Å²) in [5.41, 5.74) is 3.39. The summed E-state index contributed by atoms with van der Waals surface area (Å²) in [4.78, 5) is 40.9. The van der Waals surface area contributed by atoms with E-state index in [0.29, 0.717) is 32.8 Å². The molecule has 2 saturated heterocycles. The van der Waals surface area contributed by atoms with Crippen molar-refractivity contribution in [1.82, 2.24) is 19.7 Å². The molecule has 2 amide bonds. The van der Waals surface area contributed by atoms with Crippen molar-refractivity contribution < 1.29 is 19.1 Å². The maximum Gasteiger partial charge on any atom is 0.410 e. The number of pyridine rings is 1. The fourth-order valence-corrected chi connectivity index (χ4v) is 6.88. The van der Waals surface area contributed by atoms with Crippen LogP contribution in [0.25, 0.3) is 0 Å². The van der Waals surface area contributed by atoms with Gasteiger partial charge in [-0.25, -0.2) is 4.79 Å². The molecule has 9 heteroatoms. The van der Waals surface area contributed by atoms with Gasteiger partial charge in [0, 0.05) is 62.0 Å². The van der Waals surface area contributed by atoms with Gasteiger partial charge in [0.05, 0.1) is 31.1 Å². The van der Waals surface area contributed by atoms with Crippen molar-refractivity contribution in [2.45, 2.75) is 97.0 Å². The van der Waals surface area contributed by atoms with Gasteiger partial charge in [-0.05, 0) is 65.2 Å². The number of fused-ring (bicyclic) bond motifs is 1. The Hall–Kier alpha value is -3.01. The fraction of sp³-hybridized carbons (Fsp3) is 0.629. The maximum absolute atomic E-state index is 14.2. The Bertz CT molecular complexity index is 1320. The zero-order valence-electron chi connectivity index (χ0n) is 27.9. The number of aromatic nitrogens is 1. The van der Waals surface area contributed by atoms with Gasteiger partial charge in [0.25, 0.3) is 0 Å². The monoisotopic (exact) mass is 605 g/mol. The van der Waals surface area contributed by atoms with Gasteiger partial charge >= 0.3 is 6.09 Å². The van der Waals surface area contributed by atoms with Crippen LogP contribution >= 0.6 is 0 Å². The maximum atomic E-state index is 14.2. The third-order valence-corrected chi connectivity index (χ3v) is 9.15. The largest absolute Gasteiger partial charge is 0.444 e. The number of hydrogen-bond acceptors (Lipinski definition) is 7. The highest BCUT2D eigenvalue weighted by atomic mass is 16.6. The molecule has 1 aromatic carbocycles. The minimum absolute atomic E-state index is 0.0247. The highest BCUT2D eigenvalue weighted by molar-refractivity contribution is 5.97. The minimum atomic E-state index is -0.573. The number of carbonyl (C=O) groups is 2. The molecule has 1 aromatic heterocycles. The first-order chi connectivity index (χ1) is 20.7. The van der Waals surface area contributed by atoms with Crippen LogP contribution in [-0.4, -0.2) is 107 Å². The lowest BCUT2D eigenvalue weighted by atomic mass is 9.91. The Morgan fingerprint density at radius 1 is 1.00 bits per heavy atom. The van der Waals surface area contributed by atoms with E-state index >= 15 is 0 Å². The second-order valence-electron chi connectivity index (χ2n) is 14.7. The van der Waals surface area contributed by atoms with Crippen molar-refractivity contribution in [2.75, 3.05) is 50.8 Å². The SMILES string of the molecule is CC1CN(CC(=O)N2CC(C)(C)c3ncc(Cc4ccccc4)cc32)[C@@H](CN2C(C)COC[C@H]2C)CN1C(=O)OC(C)(C)C.